The van der Waals surface area contributed by atoms with Crippen molar-refractivity contribution in [3.8, 4) is 0 Å². The predicted molar refractivity (Wildman–Crippen MR) is 48.2 cm³/mol. The van der Waals surface area contributed by atoms with Crippen LogP contribution in [0.25, 0.3) is 0 Å². The van der Waals surface area contributed by atoms with Crippen molar-refractivity contribution < 1.29 is 4.39 Å². The SMILES string of the molecule is CCc1cc(C)c(F)cc1Br. The molecule has 0 aromatic heterocycles. The molecule has 0 amide bonds. The summed E-state index contributed by atoms with van der Waals surface area (Å²) in [6.45, 7) is 3.83. The number of halogens is 2. The zero-order valence-corrected chi connectivity index (χ0v) is 8.20. The monoisotopic (exact) mass is 216 g/mol. The van der Waals surface area contributed by atoms with Gasteiger partial charge in [-0.2, -0.15) is 0 Å². The van der Waals surface area contributed by atoms with Crippen LogP contribution >= 0.6 is 15.9 Å². The van der Waals surface area contributed by atoms with E-state index in [0.29, 0.717) is 5.56 Å². The molecule has 0 fully saturated rings. The average molecular weight is 217 g/mol. The second-order valence-electron chi connectivity index (χ2n) is 2.55. The van der Waals surface area contributed by atoms with E-state index in [1.54, 1.807) is 6.92 Å². The van der Waals surface area contributed by atoms with E-state index in [2.05, 4.69) is 22.9 Å². The highest BCUT2D eigenvalue weighted by Crippen LogP contribution is 2.20. The number of hydrogen-bond acceptors (Lipinski definition) is 0. The standard InChI is InChI=1S/C9H10BrF/c1-3-7-4-6(2)9(11)5-8(7)10/h4-5H,3H2,1-2H3. The first-order valence-corrected chi connectivity index (χ1v) is 4.39. The maximum Gasteiger partial charge on any atom is 0.127 e. The lowest BCUT2D eigenvalue weighted by Gasteiger charge is -2.03. The van der Waals surface area contributed by atoms with Crippen LogP contribution in [0.1, 0.15) is 18.1 Å². The van der Waals surface area contributed by atoms with E-state index in [-0.39, 0.29) is 5.82 Å². The predicted octanol–water partition coefficient (Wildman–Crippen LogP) is 3.46. The summed E-state index contributed by atoms with van der Waals surface area (Å²) >= 11 is 3.30. The Morgan fingerprint density at radius 3 is 2.64 bits per heavy atom. The Balaban J connectivity index is 3.21. The highest BCUT2D eigenvalue weighted by Gasteiger charge is 2.02. The van der Waals surface area contributed by atoms with Gasteiger partial charge in [0.15, 0.2) is 0 Å². The maximum atomic E-state index is 12.9. The molecule has 1 aromatic rings. The quantitative estimate of drug-likeness (QED) is 0.675. The topological polar surface area (TPSA) is 0 Å². The first kappa shape index (κ1) is 8.72. The summed E-state index contributed by atoms with van der Waals surface area (Å²) in [6.07, 6.45) is 0.932. The second kappa shape index (κ2) is 3.35. The van der Waals surface area contributed by atoms with Crippen LogP contribution in [-0.2, 0) is 6.42 Å². The van der Waals surface area contributed by atoms with E-state index >= 15 is 0 Å². The fourth-order valence-corrected chi connectivity index (χ4v) is 1.58. The Morgan fingerprint density at radius 2 is 2.09 bits per heavy atom. The van der Waals surface area contributed by atoms with Crippen LogP contribution < -0.4 is 0 Å². The minimum Gasteiger partial charge on any atom is -0.207 e. The fraction of sp³-hybridized carbons (Fsp3) is 0.333. The molecule has 0 spiro atoms. The van der Waals surface area contributed by atoms with E-state index in [0.717, 1.165) is 16.5 Å². The zero-order chi connectivity index (χ0) is 8.43. The normalized spacial score (nSPS) is 10.2. The fourth-order valence-electron chi connectivity index (χ4n) is 0.988. The van der Waals surface area contributed by atoms with Crippen LogP contribution in [0.15, 0.2) is 16.6 Å². The Kier molecular flexibility index (Phi) is 2.66. The molecule has 1 aromatic carbocycles. The van der Waals surface area contributed by atoms with Crippen LogP contribution in [-0.4, -0.2) is 0 Å². The van der Waals surface area contributed by atoms with Crippen molar-refractivity contribution in [1.82, 2.24) is 0 Å². The molecule has 0 aliphatic heterocycles. The molecule has 0 atom stereocenters. The summed E-state index contributed by atoms with van der Waals surface area (Å²) in [5.41, 5.74) is 1.87. The van der Waals surface area contributed by atoms with Gasteiger partial charge in [0.25, 0.3) is 0 Å². The van der Waals surface area contributed by atoms with Crippen LogP contribution in [0.4, 0.5) is 4.39 Å². The number of hydrogen-bond donors (Lipinski definition) is 0. The van der Waals surface area contributed by atoms with Gasteiger partial charge < -0.3 is 0 Å². The molecule has 60 valence electrons. The smallest absolute Gasteiger partial charge is 0.127 e. The molecule has 0 aliphatic carbocycles. The van der Waals surface area contributed by atoms with Crippen molar-refractivity contribution in [2.75, 3.05) is 0 Å². The van der Waals surface area contributed by atoms with Crippen molar-refractivity contribution in [3.05, 3.63) is 33.5 Å². The van der Waals surface area contributed by atoms with Crippen molar-refractivity contribution in [2.24, 2.45) is 0 Å². The summed E-state index contributed by atoms with van der Waals surface area (Å²) in [7, 11) is 0. The van der Waals surface area contributed by atoms with Crippen molar-refractivity contribution in [3.63, 3.8) is 0 Å². The molecule has 0 unspecified atom stereocenters. The number of aryl methyl sites for hydroxylation is 2. The molecule has 0 heterocycles. The Labute approximate surface area is 74.6 Å². The minimum absolute atomic E-state index is 0.144. The lowest BCUT2D eigenvalue weighted by Crippen LogP contribution is -1.88. The molecule has 0 radical (unpaired) electrons. The summed E-state index contributed by atoms with van der Waals surface area (Å²) in [4.78, 5) is 0. The van der Waals surface area contributed by atoms with Gasteiger partial charge in [0.05, 0.1) is 0 Å². The van der Waals surface area contributed by atoms with Crippen LogP contribution in [0.3, 0.4) is 0 Å². The Hall–Kier alpha value is -0.370. The van der Waals surface area contributed by atoms with E-state index in [1.165, 1.54) is 6.07 Å². The molecule has 11 heavy (non-hydrogen) atoms. The molecule has 2 heteroatoms. The molecule has 0 bridgehead atoms. The van der Waals surface area contributed by atoms with E-state index in [4.69, 9.17) is 0 Å². The number of benzene rings is 1. The maximum absolute atomic E-state index is 12.9. The van der Waals surface area contributed by atoms with E-state index in [9.17, 15) is 4.39 Å². The van der Waals surface area contributed by atoms with Crippen molar-refractivity contribution in [1.29, 1.82) is 0 Å². The first-order chi connectivity index (χ1) is 5.15. The number of rotatable bonds is 1. The van der Waals surface area contributed by atoms with Gasteiger partial charge in [-0.25, -0.2) is 4.39 Å². The molecule has 0 saturated heterocycles. The molecule has 0 nitrogen and oxygen atoms in total. The van der Waals surface area contributed by atoms with Crippen LogP contribution in [0.5, 0.6) is 0 Å². The second-order valence-corrected chi connectivity index (χ2v) is 3.40. The van der Waals surface area contributed by atoms with Gasteiger partial charge >= 0.3 is 0 Å². The summed E-state index contributed by atoms with van der Waals surface area (Å²) in [5, 5.41) is 0. The van der Waals surface area contributed by atoms with Crippen molar-refractivity contribution in [2.45, 2.75) is 20.3 Å². The van der Waals surface area contributed by atoms with Gasteiger partial charge in [-0.05, 0) is 30.5 Å². The third kappa shape index (κ3) is 1.80. The highest BCUT2D eigenvalue weighted by molar-refractivity contribution is 9.10. The summed E-state index contributed by atoms with van der Waals surface area (Å²) in [5.74, 6) is -0.144. The van der Waals surface area contributed by atoms with Crippen LogP contribution in [0.2, 0.25) is 0 Å². The Morgan fingerprint density at radius 1 is 1.45 bits per heavy atom. The van der Waals surface area contributed by atoms with Crippen LogP contribution in [0, 0.1) is 12.7 Å². The largest absolute Gasteiger partial charge is 0.207 e. The van der Waals surface area contributed by atoms with Crippen molar-refractivity contribution >= 4 is 15.9 Å². The molecule has 1 rings (SSSR count). The van der Waals surface area contributed by atoms with Gasteiger partial charge in [-0.3, -0.25) is 0 Å². The molecular formula is C9H10BrF. The summed E-state index contributed by atoms with van der Waals surface area (Å²) < 4.78 is 13.7. The minimum atomic E-state index is -0.144. The van der Waals surface area contributed by atoms with Gasteiger partial charge in [-0.15, -0.1) is 0 Å². The third-order valence-corrected chi connectivity index (χ3v) is 2.45. The summed E-state index contributed by atoms with van der Waals surface area (Å²) in [6, 6.07) is 3.40. The molecule has 0 aliphatic rings. The molecule has 0 saturated carbocycles. The zero-order valence-electron chi connectivity index (χ0n) is 6.62. The highest BCUT2D eigenvalue weighted by atomic mass is 79.9. The van der Waals surface area contributed by atoms with Gasteiger partial charge in [0.2, 0.25) is 0 Å². The third-order valence-electron chi connectivity index (χ3n) is 1.71. The molecular weight excluding hydrogens is 207 g/mol. The molecule has 0 N–H and O–H groups in total. The lowest BCUT2D eigenvalue weighted by atomic mass is 10.1. The lowest BCUT2D eigenvalue weighted by molar-refractivity contribution is 0.616. The Bertz CT molecular complexity index is 269. The van der Waals surface area contributed by atoms with Gasteiger partial charge in [-0.1, -0.05) is 28.9 Å². The van der Waals surface area contributed by atoms with E-state index in [1.807, 2.05) is 6.07 Å². The average Bonchev–Trinajstić information content (AvgIpc) is 1.97. The van der Waals surface area contributed by atoms with Gasteiger partial charge in [0, 0.05) is 4.47 Å². The first-order valence-electron chi connectivity index (χ1n) is 3.59. The van der Waals surface area contributed by atoms with Gasteiger partial charge in [0.1, 0.15) is 5.82 Å². The van der Waals surface area contributed by atoms with E-state index < -0.39 is 0 Å².